The number of benzene rings is 2. The number of aliphatic hydroxyl groups excluding tert-OH is 1. The molecular formula is C20H28O2W2-2. The van der Waals surface area contributed by atoms with Crippen LogP contribution in [0.15, 0.2) is 48.5 Å². The van der Waals surface area contributed by atoms with Crippen LogP contribution in [0.3, 0.4) is 0 Å². The molecule has 4 heteroatoms. The molecule has 0 heterocycles. The molecule has 0 saturated carbocycles. The van der Waals surface area contributed by atoms with Gasteiger partial charge in [-0.25, -0.2) is 0 Å². The summed E-state index contributed by atoms with van der Waals surface area (Å²) in [5.74, 6) is 1.23. The summed E-state index contributed by atoms with van der Waals surface area (Å²) >= 11 is 0. The van der Waals surface area contributed by atoms with E-state index < -0.39 is 0 Å². The van der Waals surface area contributed by atoms with Gasteiger partial charge in [0.1, 0.15) is 0 Å². The zero-order chi connectivity index (χ0) is 15.5. The van der Waals surface area contributed by atoms with Crippen LogP contribution >= 0.6 is 0 Å². The predicted octanol–water partition coefficient (Wildman–Crippen LogP) is 4.14. The Kier molecular flexibility index (Phi) is 20.9. The molecule has 2 nitrogen and oxygen atoms in total. The smallest absolute Gasteiger partial charge is 0.0402 e. The van der Waals surface area contributed by atoms with Gasteiger partial charge in [0.2, 0.25) is 0 Å². The molecule has 0 aliphatic carbocycles. The fourth-order valence-electron chi connectivity index (χ4n) is 2.50. The van der Waals surface area contributed by atoms with Crippen molar-refractivity contribution in [3.8, 4) is 0 Å². The third-order valence-corrected chi connectivity index (χ3v) is 3.66. The predicted molar refractivity (Wildman–Crippen MR) is 93.0 cm³/mol. The molecule has 0 spiro atoms. The molecule has 0 aromatic heterocycles. The van der Waals surface area contributed by atoms with Gasteiger partial charge in [-0.15, -0.1) is 0 Å². The molecule has 2 aromatic carbocycles. The summed E-state index contributed by atoms with van der Waals surface area (Å²) in [6.45, 7) is 6.51. The molecule has 2 aromatic rings. The van der Waals surface area contributed by atoms with E-state index in [1.165, 1.54) is 24.0 Å². The third-order valence-electron chi connectivity index (χ3n) is 3.66. The second kappa shape index (κ2) is 17.6. The van der Waals surface area contributed by atoms with Crippen molar-refractivity contribution in [2.24, 2.45) is 0 Å². The normalized spacial score (nSPS) is 11.3. The van der Waals surface area contributed by atoms with Crippen molar-refractivity contribution >= 4 is 0 Å². The number of hydrogen-bond acceptors (Lipinski definition) is 1. The van der Waals surface area contributed by atoms with E-state index in [-0.39, 0.29) is 54.2 Å². The molecule has 0 aliphatic rings. The molecule has 0 bridgehead atoms. The van der Waals surface area contributed by atoms with E-state index in [2.05, 4.69) is 50.2 Å². The summed E-state index contributed by atoms with van der Waals surface area (Å²) in [7, 11) is 0. The van der Waals surface area contributed by atoms with Crippen LogP contribution in [0.1, 0.15) is 56.6 Å². The summed E-state index contributed by atoms with van der Waals surface area (Å²) in [5, 5.41) is 7.57. The first kappa shape index (κ1) is 28.5. The van der Waals surface area contributed by atoms with Crippen molar-refractivity contribution in [2.75, 3.05) is 6.61 Å². The summed E-state index contributed by atoms with van der Waals surface area (Å²) in [5.41, 5.74) is 2.85. The first-order valence-corrected chi connectivity index (χ1v) is 7.75. The Morgan fingerprint density at radius 1 is 0.875 bits per heavy atom. The van der Waals surface area contributed by atoms with E-state index in [0.29, 0.717) is 11.8 Å². The fraction of sp³-hybridized carbons (Fsp3) is 0.400. The second-order valence-electron chi connectivity index (χ2n) is 5.22. The maximum absolute atomic E-state index is 7.57. The maximum Gasteiger partial charge on any atom is 0.0402 e. The van der Waals surface area contributed by atoms with Gasteiger partial charge in [0.15, 0.2) is 0 Å². The molecule has 0 saturated heterocycles. The molecule has 134 valence electrons. The van der Waals surface area contributed by atoms with Gasteiger partial charge in [-0.2, -0.15) is 71.8 Å². The van der Waals surface area contributed by atoms with Crippen molar-refractivity contribution in [2.45, 2.75) is 45.4 Å². The molecule has 0 aliphatic heterocycles. The van der Waals surface area contributed by atoms with Crippen LogP contribution in [0.2, 0.25) is 0 Å². The monoisotopic (exact) mass is 668 g/mol. The zero-order valence-electron chi connectivity index (χ0n) is 14.7. The van der Waals surface area contributed by atoms with Crippen molar-refractivity contribution in [3.05, 3.63) is 71.8 Å². The van der Waals surface area contributed by atoms with Gasteiger partial charge >= 0.3 is 0 Å². The minimum atomic E-state index is 0. The average Bonchev–Trinajstić information content (AvgIpc) is 2.55. The minimum Gasteiger partial charge on any atom is -0.412 e. The largest absolute Gasteiger partial charge is 0.412 e. The van der Waals surface area contributed by atoms with Crippen molar-refractivity contribution in [1.82, 2.24) is 0 Å². The molecule has 3 N–H and O–H groups in total. The van der Waals surface area contributed by atoms with E-state index in [1.807, 2.05) is 24.3 Å². The topological polar surface area (TPSA) is 51.7 Å². The zero-order valence-corrected chi connectivity index (χ0v) is 20.5. The van der Waals surface area contributed by atoms with Gasteiger partial charge in [-0.3, -0.25) is 0 Å². The van der Waals surface area contributed by atoms with Crippen LogP contribution in [-0.2, 0) is 42.1 Å². The number of rotatable bonds is 5. The first-order valence-electron chi connectivity index (χ1n) is 7.75. The van der Waals surface area contributed by atoms with Crippen molar-refractivity contribution in [1.29, 1.82) is 0 Å². The van der Waals surface area contributed by atoms with E-state index >= 15 is 0 Å². The van der Waals surface area contributed by atoms with Crippen LogP contribution in [-0.4, -0.2) is 17.2 Å². The Labute approximate surface area is 175 Å². The second-order valence-corrected chi connectivity index (χ2v) is 5.22. The van der Waals surface area contributed by atoms with Crippen molar-refractivity contribution in [3.63, 3.8) is 0 Å². The molecule has 0 fully saturated rings. The van der Waals surface area contributed by atoms with Gasteiger partial charge < -0.3 is 10.6 Å². The van der Waals surface area contributed by atoms with E-state index in [0.717, 1.165) is 0 Å². The Hall–Kier alpha value is -0.263. The number of hydrogen-bond donors (Lipinski definition) is 1. The van der Waals surface area contributed by atoms with Gasteiger partial charge in [0.05, 0.1) is 0 Å². The molecule has 2 atom stereocenters. The van der Waals surface area contributed by atoms with Gasteiger partial charge in [0.25, 0.3) is 0 Å². The molecule has 0 radical (unpaired) electrons. The summed E-state index contributed by atoms with van der Waals surface area (Å²) in [6, 6.07) is 23.0. The third kappa shape index (κ3) is 10.6. The summed E-state index contributed by atoms with van der Waals surface area (Å²) in [4.78, 5) is 0. The Balaban J connectivity index is -0.000000685. The fourth-order valence-corrected chi connectivity index (χ4v) is 2.50. The van der Waals surface area contributed by atoms with E-state index in [9.17, 15) is 0 Å². The van der Waals surface area contributed by atoms with Gasteiger partial charge in [-0.1, -0.05) is 20.3 Å². The van der Waals surface area contributed by atoms with Gasteiger partial charge in [0, 0.05) is 48.7 Å². The summed E-state index contributed by atoms with van der Waals surface area (Å²) in [6.07, 6.45) is 2.39. The van der Waals surface area contributed by atoms with Crippen LogP contribution in [0, 0.1) is 12.1 Å². The van der Waals surface area contributed by atoms with E-state index in [1.54, 1.807) is 6.92 Å². The van der Waals surface area contributed by atoms with E-state index in [4.69, 9.17) is 5.11 Å². The Morgan fingerprint density at radius 3 is 1.62 bits per heavy atom. The van der Waals surface area contributed by atoms with Crippen LogP contribution in [0.5, 0.6) is 0 Å². The standard InChI is InChI=1S/C18H20.C2H6O.H2O.2W/c1-3-16(18-12-8-5-9-13-18)14-15(2)17-10-6-4-7-11-17;1-2-3;;;/h6-13,15-16H,3,14H2,1-2H3;3H,2H2,1H3;1H2;;/q-2;;;;. The van der Waals surface area contributed by atoms with Gasteiger partial charge in [-0.05, 0) is 25.2 Å². The molecule has 24 heavy (non-hydrogen) atoms. The summed E-state index contributed by atoms with van der Waals surface area (Å²) < 4.78 is 0. The van der Waals surface area contributed by atoms with Crippen LogP contribution in [0.4, 0.5) is 0 Å². The van der Waals surface area contributed by atoms with Crippen LogP contribution < -0.4 is 0 Å². The van der Waals surface area contributed by atoms with Crippen molar-refractivity contribution < 1.29 is 52.7 Å². The maximum atomic E-state index is 7.57. The quantitative estimate of drug-likeness (QED) is 0.479. The average molecular weight is 668 g/mol. The molecule has 0 amide bonds. The minimum absolute atomic E-state index is 0. The molecular weight excluding hydrogens is 640 g/mol. The SMILES string of the molecule is CCC(CC(C)c1cc[c-]cc1)c1cc[c-]cc1.CCO.O.[W].[W]. The first-order chi connectivity index (χ1) is 10.2. The molecule has 2 rings (SSSR count). The Morgan fingerprint density at radius 2 is 1.25 bits per heavy atom. The van der Waals surface area contributed by atoms with Crippen LogP contribution in [0.25, 0.3) is 0 Å². The number of aliphatic hydroxyl groups is 1. The molecule has 2 unspecified atom stereocenters. The Bertz CT molecular complexity index is 478.